The SMILES string of the molecule is C=CCC(CN(C)C(=O)CC(F)(F)F)(c1ccc(Cl)c(Cl)c1)N(C)C(=O)O. The average Bonchev–Trinajstić information content (AvgIpc) is 2.54. The highest BCUT2D eigenvalue weighted by molar-refractivity contribution is 6.42. The molecule has 1 aromatic rings. The molecule has 0 aliphatic carbocycles. The molecule has 0 aromatic heterocycles. The Bertz CT molecular complexity index is 728. The summed E-state index contributed by atoms with van der Waals surface area (Å²) in [6, 6.07) is 4.39. The van der Waals surface area contributed by atoms with E-state index in [1.165, 1.54) is 38.4 Å². The van der Waals surface area contributed by atoms with Crippen LogP contribution in [0, 0.1) is 0 Å². The molecule has 0 aliphatic rings. The van der Waals surface area contributed by atoms with Crippen LogP contribution >= 0.6 is 23.2 Å². The van der Waals surface area contributed by atoms with E-state index in [2.05, 4.69) is 6.58 Å². The molecule has 0 aliphatic heterocycles. The first kappa shape index (κ1) is 23.1. The van der Waals surface area contributed by atoms with Crippen LogP contribution in [0.5, 0.6) is 0 Å². The summed E-state index contributed by atoms with van der Waals surface area (Å²) in [5.74, 6) is -1.19. The van der Waals surface area contributed by atoms with Gasteiger partial charge in [0.15, 0.2) is 0 Å². The van der Waals surface area contributed by atoms with E-state index in [4.69, 9.17) is 23.2 Å². The number of alkyl halides is 3. The molecule has 27 heavy (non-hydrogen) atoms. The van der Waals surface area contributed by atoms with E-state index in [1.807, 2.05) is 0 Å². The largest absolute Gasteiger partial charge is 0.465 e. The van der Waals surface area contributed by atoms with Crippen molar-refractivity contribution in [3.63, 3.8) is 0 Å². The third kappa shape index (κ3) is 5.77. The van der Waals surface area contributed by atoms with Crippen LogP contribution in [0.3, 0.4) is 0 Å². The van der Waals surface area contributed by atoms with Crippen LogP contribution < -0.4 is 0 Å². The van der Waals surface area contributed by atoms with Crippen molar-refractivity contribution in [1.82, 2.24) is 9.80 Å². The van der Waals surface area contributed by atoms with E-state index in [-0.39, 0.29) is 23.0 Å². The summed E-state index contributed by atoms with van der Waals surface area (Å²) in [7, 11) is 2.44. The van der Waals surface area contributed by atoms with Crippen molar-refractivity contribution in [3.8, 4) is 0 Å². The molecule has 0 spiro atoms. The summed E-state index contributed by atoms with van der Waals surface area (Å²) in [5, 5.41) is 9.89. The van der Waals surface area contributed by atoms with Gasteiger partial charge >= 0.3 is 12.3 Å². The van der Waals surface area contributed by atoms with Crippen molar-refractivity contribution in [2.45, 2.75) is 24.6 Å². The minimum Gasteiger partial charge on any atom is -0.465 e. The predicted octanol–water partition coefficient (Wildman–Crippen LogP) is 4.79. The van der Waals surface area contributed by atoms with Gasteiger partial charge in [0.2, 0.25) is 5.91 Å². The van der Waals surface area contributed by atoms with Crippen LogP contribution in [-0.4, -0.2) is 53.7 Å². The van der Waals surface area contributed by atoms with Gasteiger partial charge in [0.05, 0.1) is 15.6 Å². The summed E-state index contributed by atoms with van der Waals surface area (Å²) in [5.41, 5.74) is -1.04. The number of rotatable bonds is 7. The number of carbonyl (C=O) groups is 2. The van der Waals surface area contributed by atoms with Gasteiger partial charge in [-0.25, -0.2) is 4.79 Å². The Balaban J connectivity index is 3.43. The summed E-state index contributed by atoms with van der Waals surface area (Å²) in [6.07, 6.45) is -6.21. The van der Waals surface area contributed by atoms with E-state index in [9.17, 15) is 27.9 Å². The van der Waals surface area contributed by atoms with Crippen molar-refractivity contribution in [2.24, 2.45) is 0 Å². The van der Waals surface area contributed by atoms with Gasteiger partial charge in [0.25, 0.3) is 0 Å². The molecule has 1 unspecified atom stereocenters. The Morgan fingerprint density at radius 1 is 1.22 bits per heavy atom. The van der Waals surface area contributed by atoms with Crippen molar-refractivity contribution in [3.05, 3.63) is 46.5 Å². The Morgan fingerprint density at radius 3 is 2.26 bits per heavy atom. The molecule has 0 fully saturated rings. The van der Waals surface area contributed by atoms with Crippen LogP contribution in [0.1, 0.15) is 18.4 Å². The zero-order chi connectivity index (χ0) is 21.0. The quantitative estimate of drug-likeness (QED) is 0.637. The van der Waals surface area contributed by atoms with Gasteiger partial charge in [-0.05, 0) is 24.1 Å². The molecule has 0 radical (unpaired) electrons. The number of carboxylic acid groups (broad SMARTS) is 1. The third-order valence-corrected chi connectivity index (χ3v) is 4.88. The lowest BCUT2D eigenvalue weighted by Gasteiger charge is -2.43. The summed E-state index contributed by atoms with van der Waals surface area (Å²) >= 11 is 11.9. The lowest BCUT2D eigenvalue weighted by molar-refractivity contribution is -0.161. The van der Waals surface area contributed by atoms with E-state index in [1.54, 1.807) is 0 Å². The zero-order valence-corrected chi connectivity index (χ0v) is 16.2. The van der Waals surface area contributed by atoms with Crippen LogP contribution in [0.2, 0.25) is 10.0 Å². The van der Waals surface area contributed by atoms with E-state index in [0.29, 0.717) is 5.56 Å². The Hall–Kier alpha value is -1.93. The van der Waals surface area contributed by atoms with Gasteiger partial charge < -0.3 is 10.0 Å². The van der Waals surface area contributed by atoms with Gasteiger partial charge in [-0.2, -0.15) is 13.2 Å². The van der Waals surface area contributed by atoms with Crippen LogP contribution in [0.4, 0.5) is 18.0 Å². The standard InChI is InChI=1S/C17H19Cl2F3N2O3/c1-4-7-16(24(3)15(26)27,11-5-6-12(18)13(19)8-11)10-23(2)14(25)9-17(20,21)22/h4-6,8H,1,7,9-10H2,2-3H3,(H,26,27). The maximum atomic E-state index is 12.6. The van der Waals surface area contributed by atoms with Crippen molar-refractivity contribution >= 4 is 35.2 Å². The second-order valence-corrected chi connectivity index (χ2v) is 6.85. The van der Waals surface area contributed by atoms with Crippen LogP contribution in [0.25, 0.3) is 0 Å². The number of halogens is 5. The molecule has 1 atom stereocenters. The van der Waals surface area contributed by atoms with Gasteiger partial charge in [-0.1, -0.05) is 35.3 Å². The zero-order valence-electron chi connectivity index (χ0n) is 14.7. The molecule has 0 saturated carbocycles. The van der Waals surface area contributed by atoms with Gasteiger partial charge in [-0.3, -0.25) is 9.69 Å². The number of likely N-dealkylation sites (N-methyl/N-ethyl adjacent to an activating group) is 2. The summed E-state index contributed by atoms with van der Waals surface area (Å²) in [4.78, 5) is 25.4. The summed E-state index contributed by atoms with van der Waals surface area (Å²) < 4.78 is 37.7. The first-order valence-corrected chi connectivity index (χ1v) is 8.43. The van der Waals surface area contributed by atoms with Gasteiger partial charge in [0.1, 0.15) is 6.42 Å². The molecule has 0 saturated heterocycles. The first-order chi connectivity index (χ1) is 12.3. The fourth-order valence-corrected chi connectivity index (χ4v) is 3.00. The Morgan fingerprint density at radius 2 is 1.81 bits per heavy atom. The Labute approximate surface area is 164 Å². The molecule has 2 amide bonds. The second kappa shape index (κ2) is 8.84. The smallest absolute Gasteiger partial charge is 0.407 e. The van der Waals surface area contributed by atoms with Gasteiger partial charge in [-0.15, -0.1) is 6.58 Å². The summed E-state index contributed by atoms with van der Waals surface area (Å²) in [6.45, 7) is 3.26. The van der Waals surface area contributed by atoms with Crippen LogP contribution in [-0.2, 0) is 10.3 Å². The predicted molar refractivity (Wildman–Crippen MR) is 97.1 cm³/mol. The molecule has 150 valence electrons. The highest BCUT2D eigenvalue weighted by Crippen LogP contribution is 2.36. The van der Waals surface area contributed by atoms with E-state index >= 15 is 0 Å². The lowest BCUT2D eigenvalue weighted by Crippen LogP contribution is -2.54. The molecular weight excluding hydrogens is 408 g/mol. The van der Waals surface area contributed by atoms with Crippen molar-refractivity contribution in [2.75, 3.05) is 20.6 Å². The molecule has 0 heterocycles. The minimum absolute atomic E-state index is 0.0252. The first-order valence-electron chi connectivity index (χ1n) is 7.68. The monoisotopic (exact) mass is 426 g/mol. The van der Waals surface area contributed by atoms with E-state index in [0.717, 1.165) is 9.80 Å². The number of hydrogen-bond donors (Lipinski definition) is 1. The van der Waals surface area contributed by atoms with Gasteiger partial charge in [0, 0.05) is 20.6 Å². The normalized spacial score (nSPS) is 13.6. The maximum absolute atomic E-state index is 12.6. The fourth-order valence-electron chi connectivity index (χ4n) is 2.70. The number of hydrogen-bond acceptors (Lipinski definition) is 2. The third-order valence-electron chi connectivity index (χ3n) is 4.14. The number of carbonyl (C=O) groups excluding carboxylic acids is 1. The van der Waals surface area contributed by atoms with Crippen molar-refractivity contribution in [1.29, 1.82) is 0 Å². The fraction of sp³-hybridized carbons (Fsp3) is 0.412. The Kier molecular flexibility index (Phi) is 7.57. The topological polar surface area (TPSA) is 60.9 Å². The second-order valence-electron chi connectivity index (χ2n) is 6.04. The van der Waals surface area contributed by atoms with E-state index < -0.39 is 30.1 Å². The molecular formula is C17H19Cl2F3N2O3. The molecule has 5 nitrogen and oxygen atoms in total. The highest BCUT2D eigenvalue weighted by Gasteiger charge is 2.42. The number of benzene rings is 1. The molecule has 0 bridgehead atoms. The van der Waals surface area contributed by atoms with Crippen molar-refractivity contribution < 1.29 is 27.9 Å². The average molecular weight is 427 g/mol. The number of nitrogens with zero attached hydrogens (tertiary/aromatic N) is 2. The number of amides is 2. The molecule has 1 aromatic carbocycles. The highest BCUT2D eigenvalue weighted by atomic mass is 35.5. The maximum Gasteiger partial charge on any atom is 0.407 e. The minimum atomic E-state index is -4.67. The molecule has 10 heteroatoms. The molecule has 1 N–H and O–H groups in total. The molecule has 1 rings (SSSR count). The lowest BCUT2D eigenvalue weighted by atomic mass is 9.84. The van der Waals surface area contributed by atoms with Crippen LogP contribution in [0.15, 0.2) is 30.9 Å².